The zero-order valence-electron chi connectivity index (χ0n) is 22.2. The first-order chi connectivity index (χ1) is 20.6. The molecule has 0 spiro atoms. The van der Waals surface area contributed by atoms with Crippen molar-refractivity contribution in [1.82, 2.24) is 5.01 Å². The van der Waals surface area contributed by atoms with Crippen LogP contribution in [-0.2, 0) is 6.18 Å². The minimum atomic E-state index is -4.51. The number of amides is 2. The van der Waals surface area contributed by atoms with Crippen molar-refractivity contribution >= 4 is 34.2 Å². The summed E-state index contributed by atoms with van der Waals surface area (Å²) in [4.78, 5) is 23.9. The zero-order chi connectivity index (χ0) is 30.6. The predicted octanol–water partition coefficient (Wildman–Crippen LogP) is 8.11. The largest absolute Gasteiger partial charge is 0.497 e. The first-order valence-corrected chi connectivity index (χ1v) is 13.4. The third-order valence-corrected chi connectivity index (χ3v) is 6.91. The van der Waals surface area contributed by atoms with Gasteiger partial charge in [0.15, 0.2) is 5.75 Å². The van der Waals surface area contributed by atoms with Gasteiger partial charge < -0.3 is 19.5 Å². The van der Waals surface area contributed by atoms with Crippen LogP contribution in [0.1, 0.15) is 11.1 Å². The monoisotopic (exact) mass is 610 g/mol. The van der Waals surface area contributed by atoms with Crippen LogP contribution in [0.25, 0.3) is 0 Å². The van der Waals surface area contributed by atoms with Crippen molar-refractivity contribution in [3.05, 3.63) is 112 Å². The number of ether oxygens (including phenoxy) is 3. The number of nitrogens with zero attached hydrogens (tertiary/aromatic N) is 3. The van der Waals surface area contributed by atoms with E-state index < -0.39 is 22.7 Å². The van der Waals surface area contributed by atoms with Gasteiger partial charge in [0.05, 0.1) is 29.2 Å². The maximum absolute atomic E-state index is 13.1. The Morgan fingerprint density at radius 1 is 0.930 bits per heavy atom. The van der Waals surface area contributed by atoms with E-state index in [9.17, 15) is 28.1 Å². The number of non-ortho nitro benzene ring substituents is 1. The van der Waals surface area contributed by atoms with Crippen LogP contribution in [0.4, 0.5) is 29.3 Å². The Morgan fingerprint density at radius 2 is 1.63 bits per heavy atom. The molecule has 0 atom stereocenters. The Labute approximate surface area is 246 Å². The minimum Gasteiger partial charge on any atom is -0.497 e. The van der Waals surface area contributed by atoms with Crippen molar-refractivity contribution in [2.24, 2.45) is 5.10 Å². The fourth-order valence-corrected chi connectivity index (χ4v) is 4.74. The van der Waals surface area contributed by atoms with Crippen LogP contribution in [0.5, 0.6) is 28.7 Å². The number of nitro benzene ring substituents is 1. The summed E-state index contributed by atoms with van der Waals surface area (Å²) >= 11 is 1.24. The second-order valence-electron chi connectivity index (χ2n) is 8.88. The lowest BCUT2D eigenvalue weighted by atomic mass is 10.2. The van der Waals surface area contributed by atoms with Gasteiger partial charge >= 0.3 is 12.2 Å². The van der Waals surface area contributed by atoms with Crippen molar-refractivity contribution in [2.45, 2.75) is 6.18 Å². The molecule has 0 saturated heterocycles. The Balaban J connectivity index is 1.32. The number of hydrazone groups is 1. The summed E-state index contributed by atoms with van der Waals surface area (Å²) in [5, 5.41) is 19.9. The highest BCUT2D eigenvalue weighted by Gasteiger charge is 2.30. The summed E-state index contributed by atoms with van der Waals surface area (Å²) in [6.07, 6.45) is -4.51. The smallest absolute Gasteiger partial charge is 0.416 e. The maximum Gasteiger partial charge on any atom is 0.416 e. The van der Waals surface area contributed by atoms with E-state index >= 15 is 0 Å². The number of alkyl halides is 3. The van der Waals surface area contributed by atoms with E-state index in [-0.39, 0.29) is 34.5 Å². The minimum absolute atomic E-state index is 0.0126. The predicted molar refractivity (Wildman–Crippen MR) is 154 cm³/mol. The second-order valence-corrected chi connectivity index (χ2v) is 9.81. The second kappa shape index (κ2) is 12.3. The van der Waals surface area contributed by atoms with Crippen molar-refractivity contribution in [3.8, 4) is 28.7 Å². The molecule has 0 aromatic heterocycles. The number of hydrogen-bond acceptors (Lipinski definition) is 8. The number of hydrogen-bond donors (Lipinski definition) is 1. The molecule has 1 N–H and O–H groups in total. The molecule has 10 nitrogen and oxygen atoms in total. The number of rotatable bonds is 8. The van der Waals surface area contributed by atoms with Crippen LogP contribution < -0.4 is 19.5 Å². The lowest BCUT2D eigenvalue weighted by Crippen LogP contribution is -2.28. The SMILES string of the molecule is COc1ccc(Oc2ccc([N+](=O)[O-])cc2NC(=O)N2CSC(c3cccc(Oc4cccc(C(F)(F)F)c4)c3)=N2)cc1. The number of urea groups is 1. The van der Waals surface area contributed by atoms with Crippen LogP contribution in [0.3, 0.4) is 0 Å². The molecule has 5 rings (SSSR count). The molecule has 1 aliphatic rings. The number of nitrogens with one attached hydrogen (secondary N) is 1. The average Bonchev–Trinajstić information content (AvgIpc) is 3.49. The van der Waals surface area contributed by atoms with Crippen molar-refractivity contribution in [2.75, 3.05) is 18.3 Å². The molecule has 0 bridgehead atoms. The topological polar surface area (TPSA) is 116 Å². The van der Waals surface area contributed by atoms with Crippen LogP contribution in [0.2, 0.25) is 0 Å². The highest BCUT2D eigenvalue weighted by molar-refractivity contribution is 8.14. The molecule has 4 aromatic carbocycles. The standard InChI is InChI=1S/C29H21F3N4O6S/c1-40-21-9-11-22(12-10-21)42-26-13-8-20(36(38)39)16-25(26)33-28(37)35-17-43-27(34-35)18-4-2-6-23(14-18)41-24-7-3-5-19(15-24)29(30,31)32/h2-16H,17H2,1H3,(H,33,37). The van der Waals surface area contributed by atoms with E-state index in [2.05, 4.69) is 10.4 Å². The quantitative estimate of drug-likeness (QED) is 0.158. The van der Waals surface area contributed by atoms with Gasteiger partial charge in [0, 0.05) is 17.7 Å². The lowest BCUT2D eigenvalue weighted by molar-refractivity contribution is -0.384. The molecular formula is C29H21F3N4O6S. The van der Waals surface area contributed by atoms with Gasteiger partial charge in [-0.15, -0.1) is 0 Å². The molecule has 0 fully saturated rings. The van der Waals surface area contributed by atoms with Gasteiger partial charge in [-0.1, -0.05) is 30.0 Å². The summed E-state index contributed by atoms with van der Waals surface area (Å²) in [7, 11) is 1.52. The summed E-state index contributed by atoms with van der Waals surface area (Å²) in [5.41, 5.74) is -0.460. The molecule has 0 radical (unpaired) electrons. The van der Waals surface area contributed by atoms with Gasteiger partial charge in [-0.25, -0.2) is 9.80 Å². The number of nitro groups is 1. The van der Waals surface area contributed by atoms with Gasteiger partial charge in [-0.05, 0) is 60.7 Å². The van der Waals surface area contributed by atoms with E-state index in [1.165, 1.54) is 49.2 Å². The van der Waals surface area contributed by atoms with Crippen LogP contribution in [-0.4, -0.2) is 34.0 Å². The molecule has 2 amide bonds. The number of carbonyl (C=O) groups excluding carboxylic acids is 1. The van der Waals surface area contributed by atoms with E-state index in [1.807, 2.05) is 0 Å². The number of methoxy groups -OCH3 is 1. The normalized spacial score (nSPS) is 12.8. The summed E-state index contributed by atoms with van der Waals surface area (Å²) in [6, 6.07) is 20.8. The first-order valence-electron chi connectivity index (χ1n) is 12.4. The van der Waals surface area contributed by atoms with Gasteiger partial charge in [-0.3, -0.25) is 10.1 Å². The number of anilines is 1. The first kappa shape index (κ1) is 29.3. The third-order valence-electron chi connectivity index (χ3n) is 5.95. The van der Waals surface area contributed by atoms with Crippen molar-refractivity contribution in [3.63, 3.8) is 0 Å². The van der Waals surface area contributed by atoms with Crippen LogP contribution >= 0.6 is 11.8 Å². The molecule has 220 valence electrons. The molecule has 1 heterocycles. The Bertz CT molecular complexity index is 1700. The molecule has 0 unspecified atom stereocenters. The number of halogens is 3. The Morgan fingerprint density at radius 3 is 2.33 bits per heavy atom. The van der Waals surface area contributed by atoms with Gasteiger partial charge in [0.25, 0.3) is 5.69 Å². The van der Waals surface area contributed by atoms with Crippen molar-refractivity contribution in [1.29, 1.82) is 0 Å². The molecular weight excluding hydrogens is 589 g/mol. The third kappa shape index (κ3) is 7.16. The molecule has 14 heteroatoms. The fourth-order valence-electron chi connectivity index (χ4n) is 3.87. The van der Waals surface area contributed by atoms with Gasteiger partial charge in [-0.2, -0.15) is 18.3 Å². The number of thioether (sulfide) groups is 1. The van der Waals surface area contributed by atoms with Crippen LogP contribution in [0, 0.1) is 10.1 Å². The van der Waals surface area contributed by atoms with Crippen molar-refractivity contribution < 1.29 is 37.1 Å². The fraction of sp³-hybridized carbons (Fsp3) is 0.103. The highest BCUT2D eigenvalue weighted by atomic mass is 32.2. The van der Waals surface area contributed by atoms with Gasteiger partial charge in [0.2, 0.25) is 0 Å². The lowest BCUT2D eigenvalue weighted by Gasteiger charge is -2.15. The Kier molecular flexibility index (Phi) is 8.39. The van der Waals surface area contributed by atoms with E-state index in [0.717, 1.165) is 17.1 Å². The molecule has 43 heavy (non-hydrogen) atoms. The van der Waals surface area contributed by atoms with Crippen LogP contribution in [0.15, 0.2) is 96.1 Å². The molecule has 1 aliphatic heterocycles. The highest BCUT2D eigenvalue weighted by Crippen LogP contribution is 2.36. The molecule has 0 aliphatic carbocycles. The molecule has 4 aromatic rings. The molecule has 0 saturated carbocycles. The van der Waals surface area contributed by atoms with Gasteiger partial charge in [0.1, 0.15) is 28.0 Å². The summed E-state index contributed by atoms with van der Waals surface area (Å²) in [6.45, 7) is 0. The number of carbonyl (C=O) groups is 1. The average molecular weight is 611 g/mol. The zero-order valence-corrected chi connectivity index (χ0v) is 23.0. The maximum atomic E-state index is 13.1. The van der Waals surface area contributed by atoms with E-state index in [0.29, 0.717) is 22.1 Å². The van der Waals surface area contributed by atoms with E-state index in [4.69, 9.17) is 14.2 Å². The Hall–Kier alpha value is -5.24. The summed E-state index contributed by atoms with van der Waals surface area (Å²) < 4.78 is 55.8. The number of benzene rings is 4. The summed E-state index contributed by atoms with van der Waals surface area (Å²) in [5.74, 6) is 1.61. The van der Waals surface area contributed by atoms with E-state index in [1.54, 1.807) is 48.5 Å².